The molecule has 2 unspecified atom stereocenters. The van der Waals surface area contributed by atoms with Gasteiger partial charge in [-0.3, -0.25) is 4.79 Å². The minimum absolute atomic E-state index is 0.126. The van der Waals surface area contributed by atoms with Crippen molar-refractivity contribution in [2.45, 2.75) is 38.2 Å². The number of rotatable bonds is 4. The summed E-state index contributed by atoms with van der Waals surface area (Å²) < 4.78 is 10.5. The number of aromatic nitrogens is 1. The van der Waals surface area contributed by atoms with Crippen molar-refractivity contribution in [3.05, 3.63) is 10.6 Å². The zero-order valence-electron chi connectivity index (χ0n) is 11.9. The number of esters is 1. The summed E-state index contributed by atoms with van der Waals surface area (Å²) in [7, 11) is 1.76. The average Bonchev–Trinajstić information content (AvgIpc) is 3.12. The van der Waals surface area contributed by atoms with E-state index < -0.39 is 0 Å². The van der Waals surface area contributed by atoms with E-state index in [4.69, 9.17) is 14.5 Å². The van der Waals surface area contributed by atoms with E-state index in [-0.39, 0.29) is 11.9 Å². The van der Waals surface area contributed by atoms with Crippen LogP contribution in [0.15, 0.2) is 0 Å². The van der Waals surface area contributed by atoms with Gasteiger partial charge in [0, 0.05) is 25.1 Å². The van der Waals surface area contributed by atoms with Crippen LogP contribution >= 0.6 is 11.3 Å². The van der Waals surface area contributed by atoms with Gasteiger partial charge >= 0.3 is 5.97 Å². The van der Waals surface area contributed by atoms with Crippen LogP contribution in [0.3, 0.4) is 0 Å². The Labute approximate surface area is 122 Å². The Hall–Kier alpha value is -1.14. The van der Waals surface area contributed by atoms with E-state index in [9.17, 15) is 4.79 Å². The molecule has 1 aliphatic carbocycles. The minimum Gasteiger partial charge on any atom is -0.465 e. The lowest BCUT2D eigenvalue weighted by atomic mass is 10.1. The van der Waals surface area contributed by atoms with Crippen molar-refractivity contribution in [3.8, 4) is 0 Å². The zero-order chi connectivity index (χ0) is 14.1. The Balaban J connectivity index is 1.75. The first-order valence-electron chi connectivity index (χ1n) is 7.17. The van der Waals surface area contributed by atoms with E-state index in [1.165, 1.54) is 4.88 Å². The van der Waals surface area contributed by atoms with Crippen LogP contribution in [0.25, 0.3) is 0 Å². The van der Waals surface area contributed by atoms with Gasteiger partial charge < -0.3 is 14.4 Å². The molecule has 5 nitrogen and oxygen atoms in total. The fourth-order valence-corrected chi connectivity index (χ4v) is 4.09. The number of anilines is 1. The molecule has 1 saturated heterocycles. The van der Waals surface area contributed by atoms with Crippen LogP contribution in [0.4, 0.5) is 5.13 Å². The Morgan fingerprint density at radius 3 is 3.05 bits per heavy atom. The summed E-state index contributed by atoms with van der Waals surface area (Å²) >= 11 is 1.72. The van der Waals surface area contributed by atoms with Gasteiger partial charge in [-0.25, -0.2) is 4.98 Å². The number of thiazole rings is 1. The van der Waals surface area contributed by atoms with E-state index in [1.807, 2.05) is 6.92 Å². The molecule has 0 radical (unpaired) electrons. The molecule has 0 N–H and O–H groups in total. The topological polar surface area (TPSA) is 51.7 Å². The molecule has 2 atom stereocenters. The van der Waals surface area contributed by atoms with Crippen molar-refractivity contribution < 1.29 is 14.3 Å². The maximum Gasteiger partial charge on any atom is 0.315 e. The number of ether oxygens (including phenoxy) is 2. The van der Waals surface area contributed by atoms with Crippen molar-refractivity contribution in [3.63, 3.8) is 0 Å². The molecule has 0 saturated carbocycles. The summed E-state index contributed by atoms with van der Waals surface area (Å²) in [6, 6.07) is 0. The largest absolute Gasteiger partial charge is 0.465 e. The number of carbonyl (C=O) groups excluding carboxylic acids is 1. The first kappa shape index (κ1) is 13.8. The average molecular weight is 296 g/mol. The fourth-order valence-electron chi connectivity index (χ4n) is 2.92. The molecule has 0 amide bonds. The molecule has 0 spiro atoms. The predicted octanol–water partition coefficient (Wildman–Crippen LogP) is 1.96. The van der Waals surface area contributed by atoms with Gasteiger partial charge in [-0.15, -0.1) is 11.3 Å². The van der Waals surface area contributed by atoms with Crippen molar-refractivity contribution in [1.29, 1.82) is 0 Å². The molecule has 20 heavy (non-hydrogen) atoms. The predicted molar refractivity (Wildman–Crippen MR) is 77.4 cm³/mol. The minimum atomic E-state index is -0.157. The summed E-state index contributed by atoms with van der Waals surface area (Å²) in [5, 5.41) is 1.03. The van der Waals surface area contributed by atoms with Gasteiger partial charge in [-0.05, 0) is 26.2 Å². The van der Waals surface area contributed by atoms with E-state index in [0.29, 0.717) is 12.7 Å². The van der Waals surface area contributed by atoms with Gasteiger partial charge in [0.15, 0.2) is 5.13 Å². The lowest BCUT2D eigenvalue weighted by Crippen LogP contribution is -2.22. The van der Waals surface area contributed by atoms with E-state index in [1.54, 1.807) is 18.4 Å². The van der Waals surface area contributed by atoms with Gasteiger partial charge in [0.1, 0.15) is 5.92 Å². The number of fused-ring (bicyclic) bond motifs is 1. The first-order chi connectivity index (χ1) is 9.72. The summed E-state index contributed by atoms with van der Waals surface area (Å²) in [4.78, 5) is 20.2. The molecule has 110 valence electrons. The molecule has 0 bridgehead atoms. The van der Waals surface area contributed by atoms with Crippen molar-refractivity contribution in [2.75, 3.05) is 31.7 Å². The number of methoxy groups -OCH3 is 1. The zero-order valence-corrected chi connectivity index (χ0v) is 12.7. The van der Waals surface area contributed by atoms with Crippen LogP contribution in [-0.4, -0.2) is 43.9 Å². The highest BCUT2D eigenvalue weighted by Crippen LogP contribution is 2.40. The van der Waals surface area contributed by atoms with Crippen molar-refractivity contribution >= 4 is 22.4 Å². The van der Waals surface area contributed by atoms with Gasteiger partial charge in [-0.2, -0.15) is 0 Å². The van der Waals surface area contributed by atoms with Crippen molar-refractivity contribution in [1.82, 2.24) is 4.98 Å². The third-order valence-corrected chi connectivity index (χ3v) is 5.22. The molecule has 1 aromatic heterocycles. The van der Waals surface area contributed by atoms with Crippen molar-refractivity contribution in [2.24, 2.45) is 0 Å². The summed E-state index contributed by atoms with van der Waals surface area (Å²) in [6.07, 6.45) is 3.13. The van der Waals surface area contributed by atoms with E-state index in [2.05, 4.69) is 4.90 Å². The van der Waals surface area contributed by atoms with Crippen LogP contribution in [0.1, 0.15) is 36.3 Å². The van der Waals surface area contributed by atoms with E-state index in [0.717, 1.165) is 43.2 Å². The summed E-state index contributed by atoms with van der Waals surface area (Å²) in [6.45, 7) is 4.15. The Kier molecular flexibility index (Phi) is 3.94. The molecule has 2 aliphatic rings. The second-order valence-electron chi connectivity index (χ2n) is 5.24. The highest BCUT2D eigenvalue weighted by atomic mass is 32.1. The molecule has 1 aliphatic heterocycles. The maximum absolute atomic E-state index is 11.9. The number of hydrogen-bond donors (Lipinski definition) is 0. The SMILES string of the molecule is CCOC(=O)C1CCc2sc(N3CCC(OC)C3)nc21. The van der Waals surface area contributed by atoms with Gasteiger partial charge in [-0.1, -0.05) is 0 Å². The Morgan fingerprint density at radius 1 is 1.50 bits per heavy atom. The molecule has 1 fully saturated rings. The Morgan fingerprint density at radius 2 is 2.35 bits per heavy atom. The molecule has 1 aromatic rings. The van der Waals surface area contributed by atoms with Gasteiger partial charge in [0.2, 0.25) is 0 Å². The highest BCUT2D eigenvalue weighted by Gasteiger charge is 2.35. The van der Waals surface area contributed by atoms with Crippen LogP contribution < -0.4 is 4.90 Å². The number of nitrogens with zero attached hydrogens (tertiary/aromatic N) is 2. The number of hydrogen-bond acceptors (Lipinski definition) is 6. The van der Waals surface area contributed by atoms with Crippen LogP contribution in [0.2, 0.25) is 0 Å². The summed E-state index contributed by atoms with van der Waals surface area (Å²) in [5.74, 6) is -0.282. The molecule has 6 heteroatoms. The summed E-state index contributed by atoms with van der Waals surface area (Å²) in [5.41, 5.74) is 0.948. The third-order valence-electron chi connectivity index (χ3n) is 4.03. The molecular weight excluding hydrogens is 276 g/mol. The quantitative estimate of drug-likeness (QED) is 0.795. The molecule has 0 aromatic carbocycles. The van der Waals surface area contributed by atoms with Gasteiger partial charge in [0.05, 0.1) is 18.4 Å². The lowest BCUT2D eigenvalue weighted by Gasteiger charge is -2.14. The fraction of sp³-hybridized carbons (Fsp3) is 0.714. The number of aryl methyl sites for hydroxylation is 1. The standard InChI is InChI=1S/C14H20N2O3S/c1-3-19-13(17)10-4-5-11-12(10)15-14(20-11)16-7-6-9(8-16)18-2/h9-10H,3-8H2,1-2H3. The van der Waals surface area contributed by atoms with Crippen LogP contribution in [0, 0.1) is 0 Å². The lowest BCUT2D eigenvalue weighted by molar-refractivity contribution is -0.145. The second kappa shape index (κ2) is 5.69. The smallest absolute Gasteiger partial charge is 0.315 e. The molecule has 2 heterocycles. The van der Waals surface area contributed by atoms with Gasteiger partial charge in [0.25, 0.3) is 0 Å². The normalized spacial score (nSPS) is 25.0. The molecular formula is C14H20N2O3S. The first-order valence-corrected chi connectivity index (χ1v) is 7.98. The van der Waals surface area contributed by atoms with E-state index >= 15 is 0 Å². The molecule has 3 rings (SSSR count). The monoisotopic (exact) mass is 296 g/mol. The maximum atomic E-state index is 11.9. The van der Waals surface area contributed by atoms with Crippen LogP contribution in [0.5, 0.6) is 0 Å². The number of carbonyl (C=O) groups is 1. The Bertz CT molecular complexity index is 503. The van der Waals surface area contributed by atoms with Crippen LogP contribution in [-0.2, 0) is 20.7 Å². The third kappa shape index (κ3) is 2.42. The highest BCUT2D eigenvalue weighted by molar-refractivity contribution is 7.15. The second-order valence-corrected chi connectivity index (χ2v) is 6.30.